The van der Waals surface area contributed by atoms with E-state index >= 15 is 0 Å². The first-order valence-electron chi connectivity index (χ1n) is 7.35. The lowest BCUT2D eigenvalue weighted by molar-refractivity contribution is 1.13. The van der Waals surface area contributed by atoms with Crippen molar-refractivity contribution in [2.24, 2.45) is 0 Å². The number of aryl methyl sites for hydroxylation is 1. The van der Waals surface area contributed by atoms with Crippen LogP contribution < -0.4 is 5.56 Å². The summed E-state index contributed by atoms with van der Waals surface area (Å²) in [5.74, 6) is 0.324. The van der Waals surface area contributed by atoms with Crippen LogP contribution in [0.25, 0.3) is 32.5 Å². The van der Waals surface area contributed by atoms with Gasteiger partial charge in [-0.3, -0.25) is 4.79 Å². The Bertz CT molecular complexity index is 1130. The second-order valence-electron chi connectivity index (χ2n) is 5.43. The SMILES string of the molecule is Cc1ccc(-c2csc3nc(C(Cl)=Cc4csnn4)[nH]c(=O)c23)cc1. The van der Waals surface area contributed by atoms with Crippen LogP contribution in [0.2, 0.25) is 0 Å². The van der Waals surface area contributed by atoms with Crippen LogP contribution in [0.4, 0.5) is 0 Å². The molecule has 0 atom stereocenters. The minimum atomic E-state index is -0.209. The Hall–Kier alpha value is -2.35. The molecule has 0 aliphatic heterocycles. The lowest BCUT2D eigenvalue weighted by Gasteiger charge is -2.02. The van der Waals surface area contributed by atoms with E-state index in [1.54, 1.807) is 11.5 Å². The van der Waals surface area contributed by atoms with Gasteiger partial charge in [0.15, 0.2) is 5.82 Å². The van der Waals surface area contributed by atoms with Crippen LogP contribution in [0, 0.1) is 6.92 Å². The van der Waals surface area contributed by atoms with Gasteiger partial charge < -0.3 is 4.98 Å². The lowest BCUT2D eigenvalue weighted by Crippen LogP contribution is -2.10. The maximum Gasteiger partial charge on any atom is 0.260 e. The summed E-state index contributed by atoms with van der Waals surface area (Å²) in [6, 6.07) is 8.06. The molecule has 25 heavy (non-hydrogen) atoms. The van der Waals surface area contributed by atoms with Crippen LogP contribution in [0.1, 0.15) is 17.1 Å². The number of hydrogen-bond donors (Lipinski definition) is 1. The fourth-order valence-corrected chi connectivity index (χ4v) is 4.00. The van der Waals surface area contributed by atoms with E-state index in [9.17, 15) is 4.79 Å². The van der Waals surface area contributed by atoms with Crippen molar-refractivity contribution >= 4 is 55.8 Å². The normalized spacial score (nSPS) is 12.0. The van der Waals surface area contributed by atoms with Gasteiger partial charge >= 0.3 is 0 Å². The zero-order valence-electron chi connectivity index (χ0n) is 13.0. The van der Waals surface area contributed by atoms with Crippen LogP contribution in [0.5, 0.6) is 0 Å². The minimum absolute atomic E-state index is 0.209. The Morgan fingerprint density at radius 2 is 2.04 bits per heavy atom. The molecular weight excluding hydrogens is 376 g/mol. The van der Waals surface area contributed by atoms with Gasteiger partial charge in [-0.25, -0.2) is 4.98 Å². The Kier molecular flexibility index (Phi) is 4.20. The highest BCUT2D eigenvalue weighted by Crippen LogP contribution is 2.31. The van der Waals surface area contributed by atoms with Gasteiger partial charge in [0, 0.05) is 16.3 Å². The van der Waals surface area contributed by atoms with Gasteiger partial charge in [0.2, 0.25) is 0 Å². The molecule has 5 nitrogen and oxygen atoms in total. The Morgan fingerprint density at radius 1 is 1.24 bits per heavy atom. The van der Waals surface area contributed by atoms with E-state index in [-0.39, 0.29) is 5.56 Å². The van der Waals surface area contributed by atoms with E-state index in [1.165, 1.54) is 28.4 Å². The molecule has 3 aromatic heterocycles. The lowest BCUT2D eigenvalue weighted by atomic mass is 10.1. The number of nitrogens with zero attached hydrogens (tertiary/aromatic N) is 3. The molecule has 4 rings (SSSR count). The minimum Gasteiger partial charge on any atom is -0.305 e. The molecule has 1 aromatic carbocycles. The van der Waals surface area contributed by atoms with Gasteiger partial charge in [0.05, 0.1) is 16.1 Å². The molecule has 0 fully saturated rings. The molecule has 0 amide bonds. The first-order valence-corrected chi connectivity index (χ1v) is 9.44. The van der Waals surface area contributed by atoms with E-state index in [2.05, 4.69) is 19.6 Å². The first kappa shape index (κ1) is 16.1. The van der Waals surface area contributed by atoms with Crippen molar-refractivity contribution < 1.29 is 0 Å². The Labute approximate surface area is 155 Å². The van der Waals surface area contributed by atoms with E-state index < -0.39 is 0 Å². The number of fused-ring (bicyclic) bond motifs is 1. The van der Waals surface area contributed by atoms with Crippen LogP contribution in [-0.2, 0) is 0 Å². The van der Waals surface area contributed by atoms with Gasteiger partial charge in [-0.1, -0.05) is 45.9 Å². The Morgan fingerprint density at radius 3 is 2.76 bits per heavy atom. The molecule has 0 unspecified atom stereocenters. The molecule has 0 bridgehead atoms. The zero-order chi connectivity index (χ0) is 17.4. The number of halogens is 1. The van der Waals surface area contributed by atoms with Gasteiger partial charge in [-0.15, -0.1) is 16.4 Å². The molecule has 4 aromatic rings. The Balaban J connectivity index is 1.82. The van der Waals surface area contributed by atoms with Crippen molar-refractivity contribution in [2.45, 2.75) is 6.92 Å². The number of rotatable bonds is 3. The van der Waals surface area contributed by atoms with Crippen LogP contribution in [-0.4, -0.2) is 19.6 Å². The first-order chi connectivity index (χ1) is 12.1. The summed E-state index contributed by atoms with van der Waals surface area (Å²) in [6.07, 6.45) is 1.63. The van der Waals surface area contributed by atoms with E-state index in [4.69, 9.17) is 11.6 Å². The van der Waals surface area contributed by atoms with Crippen LogP contribution >= 0.6 is 34.5 Å². The molecule has 0 aliphatic carbocycles. The van der Waals surface area contributed by atoms with Crippen LogP contribution in [0.3, 0.4) is 0 Å². The maximum absolute atomic E-state index is 12.6. The van der Waals surface area contributed by atoms with Gasteiger partial charge in [0.1, 0.15) is 4.83 Å². The maximum atomic E-state index is 12.6. The summed E-state index contributed by atoms with van der Waals surface area (Å²) in [7, 11) is 0. The number of benzene rings is 1. The smallest absolute Gasteiger partial charge is 0.260 e. The predicted molar refractivity (Wildman–Crippen MR) is 104 cm³/mol. The monoisotopic (exact) mass is 386 g/mol. The molecule has 8 heteroatoms. The average Bonchev–Trinajstić information content (AvgIpc) is 3.25. The molecule has 0 spiro atoms. The van der Waals surface area contributed by atoms with Crippen LogP contribution in [0.15, 0.2) is 39.8 Å². The third kappa shape index (κ3) is 3.13. The molecular formula is C17H11ClN4OS2. The predicted octanol–water partition coefficient (Wildman–Crippen LogP) is 4.55. The van der Waals surface area contributed by atoms with Crippen molar-refractivity contribution in [2.75, 3.05) is 0 Å². The topological polar surface area (TPSA) is 71.5 Å². The van der Waals surface area contributed by atoms with Gasteiger partial charge in [-0.05, 0) is 30.1 Å². The number of hydrogen-bond acceptors (Lipinski definition) is 6. The van der Waals surface area contributed by atoms with Crippen molar-refractivity contribution in [3.8, 4) is 11.1 Å². The fourth-order valence-electron chi connectivity index (χ4n) is 2.44. The molecule has 1 N–H and O–H groups in total. The van der Waals surface area contributed by atoms with E-state index in [1.807, 2.05) is 36.6 Å². The van der Waals surface area contributed by atoms with Gasteiger partial charge in [0.25, 0.3) is 5.56 Å². The number of thiophene rings is 1. The van der Waals surface area contributed by atoms with Crippen molar-refractivity contribution in [3.63, 3.8) is 0 Å². The third-order valence-electron chi connectivity index (χ3n) is 3.68. The zero-order valence-corrected chi connectivity index (χ0v) is 15.4. The van der Waals surface area contributed by atoms with Crippen molar-refractivity contribution in [1.29, 1.82) is 0 Å². The number of H-pyrrole nitrogens is 1. The second-order valence-corrected chi connectivity index (χ2v) is 7.31. The summed E-state index contributed by atoms with van der Waals surface area (Å²) in [5, 5.41) is 8.52. The second kappa shape index (κ2) is 6.51. The summed E-state index contributed by atoms with van der Waals surface area (Å²) in [4.78, 5) is 20.5. The van der Waals surface area contributed by atoms with Crippen molar-refractivity contribution in [3.05, 3.63) is 62.5 Å². The average molecular weight is 387 g/mol. The summed E-state index contributed by atoms with van der Waals surface area (Å²) >= 11 is 8.93. The molecule has 124 valence electrons. The number of nitrogens with one attached hydrogen (secondary N) is 1. The molecule has 3 heterocycles. The standard InChI is InChI=1S/C17H11ClN4OS2/c1-9-2-4-10(5-3-9)12-8-24-17-14(12)16(23)19-15(20-17)13(18)6-11-7-25-22-21-11/h2-8H,1H3,(H,19,20,23). The summed E-state index contributed by atoms with van der Waals surface area (Å²) in [6.45, 7) is 2.03. The highest BCUT2D eigenvalue weighted by atomic mass is 35.5. The largest absolute Gasteiger partial charge is 0.305 e. The number of aromatic amines is 1. The van der Waals surface area contributed by atoms with Gasteiger partial charge in [-0.2, -0.15) is 0 Å². The highest BCUT2D eigenvalue weighted by Gasteiger charge is 2.14. The van der Waals surface area contributed by atoms with E-state index in [0.29, 0.717) is 26.8 Å². The molecule has 0 saturated carbocycles. The highest BCUT2D eigenvalue weighted by molar-refractivity contribution is 7.17. The van der Waals surface area contributed by atoms with E-state index in [0.717, 1.165) is 11.1 Å². The molecule has 0 radical (unpaired) electrons. The molecule has 0 saturated heterocycles. The third-order valence-corrected chi connectivity index (χ3v) is 5.37. The summed E-state index contributed by atoms with van der Waals surface area (Å²) in [5.41, 5.74) is 3.46. The number of aromatic nitrogens is 4. The quantitative estimate of drug-likeness (QED) is 0.560. The summed E-state index contributed by atoms with van der Waals surface area (Å²) < 4.78 is 3.78. The fraction of sp³-hybridized carbons (Fsp3) is 0.0588. The molecule has 0 aliphatic rings. The van der Waals surface area contributed by atoms with Crippen molar-refractivity contribution in [1.82, 2.24) is 19.6 Å².